The number of aromatic hydroxyl groups is 1. The van der Waals surface area contributed by atoms with Crippen LogP contribution in [0, 0.1) is 0 Å². The predicted octanol–water partition coefficient (Wildman–Crippen LogP) is 3.39. The minimum absolute atomic E-state index is 0.00789. The van der Waals surface area contributed by atoms with Gasteiger partial charge in [0.2, 0.25) is 0 Å². The van der Waals surface area contributed by atoms with Crippen LogP contribution in [-0.4, -0.2) is 127 Å². The highest BCUT2D eigenvalue weighted by Gasteiger charge is 2.39. The van der Waals surface area contributed by atoms with Gasteiger partial charge in [0.05, 0.1) is 7.11 Å². The van der Waals surface area contributed by atoms with Gasteiger partial charge in [-0.25, -0.2) is 9.59 Å². The molecule has 2 N–H and O–H groups in total. The molecule has 0 spiro atoms. The van der Waals surface area contributed by atoms with E-state index in [1.54, 1.807) is 29.2 Å². The number of amides is 4. The summed E-state index contributed by atoms with van der Waals surface area (Å²) in [5, 5.41) is 13.3. The maximum absolute atomic E-state index is 14.1. The van der Waals surface area contributed by atoms with Gasteiger partial charge in [0.15, 0.2) is 13.4 Å². The summed E-state index contributed by atoms with van der Waals surface area (Å²) in [6, 6.07) is 12.8. The maximum Gasteiger partial charge on any atom is 0.410 e. The first-order valence-electron chi connectivity index (χ1n) is 18.1. The standard InChI is InChI=1S/C37H49BN5O7/c1-38-29-23-25(10-11-32(29)44)24-33(34(45)40-18-13-27(14-19-40)42-17-6-5-9-31(42)35(46)49-2)50-37(48)41-20-15-28(16-21-41)43-22-12-26-7-3-4-8-30(26)39-36(43)47/h3-4,7-8,10-11,23,27-28,31,33,44H,5-6,9,12-22,24H2,1-2H3,(H,39,47)/t31-,33+/m0/s1. The number of phenols is 1. The lowest BCUT2D eigenvalue weighted by Crippen LogP contribution is -2.55. The number of nitrogens with zero attached hydrogens (tertiary/aromatic N) is 4. The molecule has 1 radical (unpaired) electrons. The van der Waals surface area contributed by atoms with E-state index in [1.165, 1.54) is 7.11 Å². The van der Waals surface area contributed by atoms with E-state index >= 15 is 0 Å². The summed E-state index contributed by atoms with van der Waals surface area (Å²) < 4.78 is 11.1. The molecule has 2 aromatic carbocycles. The number of hydrogen-bond donors (Lipinski definition) is 2. The molecular formula is C37H49BN5O7. The zero-order valence-corrected chi connectivity index (χ0v) is 29.2. The molecular weight excluding hydrogens is 637 g/mol. The van der Waals surface area contributed by atoms with Crippen molar-refractivity contribution in [1.82, 2.24) is 19.6 Å². The van der Waals surface area contributed by atoms with Crippen LogP contribution in [0.15, 0.2) is 42.5 Å². The first-order valence-corrected chi connectivity index (χ1v) is 18.1. The number of carbonyl (C=O) groups is 4. The number of nitrogens with one attached hydrogen (secondary N) is 1. The number of para-hydroxylation sites is 1. The Morgan fingerprint density at radius 1 is 0.920 bits per heavy atom. The molecule has 4 heterocycles. The van der Waals surface area contributed by atoms with Crippen LogP contribution in [0.4, 0.5) is 15.3 Å². The molecule has 0 bridgehead atoms. The van der Waals surface area contributed by atoms with Crippen molar-refractivity contribution in [3.05, 3.63) is 53.6 Å². The summed E-state index contributed by atoms with van der Waals surface area (Å²) in [6.45, 7) is 5.10. The Labute approximate surface area is 295 Å². The van der Waals surface area contributed by atoms with Crippen LogP contribution in [0.25, 0.3) is 0 Å². The second kappa shape index (κ2) is 16.2. The first-order chi connectivity index (χ1) is 24.2. The number of ether oxygens (including phenoxy) is 2. The topological polar surface area (TPSA) is 132 Å². The van der Waals surface area contributed by atoms with Crippen molar-refractivity contribution in [2.45, 2.75) is 88.8 Å². The normalized spacial score (nSPS) is 21.4. The molecule has 4 aliphatic heterocycles. The Morgan fingerprint density at radius 3 is 2.38 bits per heavy atom. The molecule has 3 saturated heterocycles. The quantitative estimate of drug-likeness (QED) is 0.319. The highest BCUT2D eigenvalue weighted by molar-refractivity contribution is 6.53. The molecule has 3 fully saturated rings. The summed E-state index contributed by atoms with van der Waals surface area (Å²) in [7, 11) is 3.23. The third-order valence-corrected chi connectivity index (χ3v) is 10.9. The molecule has 0 aromatic heterocycles. The van der Waals surface area contributed by atoms with E-state index in [9.17, 15) is 24.3 Å². The molecule has 0 unspecified atom stereocenters. The largest absolute Gasteiger partial charge is 0.509 e. The molecule has 2 aromatic rings. The van der Waals surface area contributed by atoms with Crippen molar-refractivity contribution in [3.8, 4) is 5.75 Å². The smallest absolute Gasteiger partial charge is 0.410 e. The summed E-state index contributed by atoms with van der Waals surface area (Å²) >= 11 is 0. The number of benzene rings is 2. The number of esters is 1. The minimum atomic E-state index is -1.04. The van der Waals surface area contributed by atoms with Gasteiger partial charge in [-0.15, -0.1) is 0 Å². The van der Waals surface area contributed by atoms with Crippen LogP contribution in [0.3, 0.4) is 0 Å². The van der Waals surface area contributed by atoms with Crippen LogP contribution in [0.2, 0.25) is 6.82 Å². The van der Waals surface area contributed by atoms with Crippen LogP contribution in [-0.2, 0) is 31.9 Å². The third kappa shape index (κ3) is 8.03. The van der Waals surface area contributed by atoms with Crippen molar-refractivity contribution in [3.63, 3.8) is 0 Å². The third-order valence-electron chi connectivity index (χ3n) is 10.9. The highest BCUT2D eigenvalue weighted by Crippen LogP contribution is 2.28. The molecule has 12 nitrogen and oxygen atoms in total. The Morgan fingerprint density at radius 2 is 1.64 bits per heavy atom. The molecule has 4 amide bonds. The summed E-state index contributed by atoms with van der Waals surface area (Å²) in [4.78, 5) is 60.9. The van der Waals surface area contributed by atoms with E-state index in [1.807, 2.05) is 42.1 Å². The second-order valence-electron chi connectivity index (χ2n) is 13.8. The number of urea groups is 1. The van der Waals surface area contributed by atoms with Crippen LogP contribution in [0.1, 0.15) is 56.1 Å². The fourth-order valence-electron chi connectivity index (χ4n) is 8.05. The second-order valence-corrected chi connectivity index (χ2v) is 13.8. The Balaban J connectivity index is 1.09. The van der Waals surface area contributed by atoms with Crippen molar-refractivity contribution in [2.75, 3.05) is 51.7 Å². The van der Waals surface area contributed by atoms with Gasteiger partial charge < -0.3 is 34.6 Å². The van der Waals surface area contributed by atoms with Crippen molar-refractivity contribution >= 4 is 42.4 Å². The van der Waals surface area contributed by atoms with E-state index in [4.69, 9.17) is 9.47 Å². The molecule has 2 atom stereocenters. The van der Waals surface area contributed by atoms with E-state index in [0.29, 0.717) is 51.0 Å². The van der Waals surface area contributed by atoms with Crippen LogP contribution < -0.4 is 10.8 Å². The Bertz CT molecular complexity index is 1540. The molecule has 13 heteroatoms. The molecule has 6 rings (SSSR count). The summed E-state index contributed by atoms with van der Waals surface area (Å²) in [5.41, 5.74) is 3.37. The van der Waals surface area contributed by atoms with Gasteiger partial charge in [0.1, 0.15) is 11.8 Å². The van der Waals surface area contributed by atoms with Crippen molar-refractivity contribution < 1.29 is 33.8 Å². The SMILES string of the molecule is C[B]c1cc(C[C@@H](OC(=O)N2CCC(N3CCc4ccccc4NC3=O)CC2)C(=O)N2CCC(N3CCCC[C@H]3C(=O)OC)CC2)ccc1O. The van der Waals surface area contributed by atoms with E-state index in [0.717, 1.165) is 61.9 Å². The molecule has 4 aliphatic rings. The lowest BCUT2D eigenvalue weighted by Gasteiger charge is -2.44. The van der Waals surface area contributed by atoms with E-state index < -0.39 is 12.2 Å². The van der Waals surface area contributed by atoms with Gasteiger partial charge >= 0.3 is 18.1 Å². The van der Waals surface area contributed by atoms with Crippen LogP contribution >= 0.6 is 0 Å². The van der Waals surface area contributed by atoms with Gasteiger partial charge in [-0.1, -0.05) is 43.6 Å². The lowest BCUT2D eigenvalue weighted by molar-refractivity contribution is -0.151. The van der Waals surface area contributed by atoms with Gasteiger partial charge in [-0.05, 0) is 80.2 Å². The fraction of sp³-hybridized carbons (Fsp3) is 0.568. The number of phenolic OH excluding ortho intramolecular Hbond substituents is 1. The fourth-order valence-corrected chi connectivity index (χ4v) is 8.05. The molecule has 50 heavy (non-hydrogen) atoms. The number of piperidine rings is 3. The average Bonchev–Trinajstić information content (AvgIpc) is 3.32. The molecule has 0 aliphatic carbocycles. The summed E-state index contributed by atoms with van der Waals surface area (Å²) in [6.07, 6.45) is 4.82. The Hall–Kier alpha value is -4.26. The number of methoxy groups -OCH3 is 1. The highest BCUT2D eigenvalue weighted by atomic mass is 16.6. The summed E-state index contributed by atoms with van der Waals surface area (Å²) in [5.74, 6) is -0.297. The zero-order valence-electron chi connectivity index (χ0n) is 29.2. The number of fused-ring (bicyclic) bond motifs is 1. The maximum atomic E-state index is 14.1. The average molecular weight is 687 g/mol. The monoisotopic (exact) mass is 686 g/mol. The number of rotatable bonds is 8. The number of likely N-dealkylation sites (tertiary alicyclic amines) is 3. The number of carbonyl (C=O) groups excluding carboxylic acids is 4. The van der Waals surface area contributed by atoms with Gasteiger partial charge in [-0.2, -0.15) is 0 Å². The number of hydrogen-bond acceptors (Lipinski definition) is 8. The van der Waals surface area contributed by atoms with Crippen molar-refractivity contribution in [2.24, 2.45) is 0 Å². The number of anilines is 1. The lowest BCUT2D eigenvalue weighted by atomic mass is 9.72. The first kappa shape index (κ1) is 35.6. The minimum Gasteiger partial charge on any atom is -0.509 e. The van der Waals surface area contributed by atoms with Gasteiger partial charge in [0.25, 0.3) is 5.91 Å². The van der Waals surface area contributed by atoms with Gasteiger partial charge in [0, 0.05) is 56.9 Å². The van der Waals surface area contributed by atoms with Crippen LogP contribution in [0.5, 0.6) is 5.75 Å². The molecule has 267 valence electrons. The zero-order chi connectivity index (χ0) is 35.2. The molecule has 0 saturated carbocycles. The van der Waals surface area contributed by atoms with Gasteiger partial charge in [-0.3, -0.25) is 14.5 Å². The van der Waals surface area contributed by atoms with E-state index in [-0.39, 0.29) is 48.2 Å². The predicted molar refractivity (Wildman–Crippen MR) is 190 cm³/mol. The van der Waals surface area contributed by atoms with E-state index in [2.05, 4.69) is 10.2 Å². The Kier molecular flexibility index (Phi) is 11.5. The van der Waals surface area contributed by atoms with Crippen molar-refractivity contribution in [1.29, 1.82) is 0 Å².